The van der Waals surface area contributed by atoms with Crippen LogP contribution in [0.4, 0.5) is 0 Å². The summed E-state index contributed by atoms with van der Waals surface area (Å²) < 4.78 is 6.39. The van der Waals surface area contributed by atoms with E-state index in [-0.39, 0.29) is 23.0 Å². The first-order valence-corrected chi connectivity index (χ1v) is 9.14. The van der Waals surface area contributed by atoms with Crippen LogP contribution in [0.5, 0.6) is 0 Å². The van der Waals surface area contributed by atoms with E-state index in [2.05, 4.69) is 20.4 Å². The molecule has 4 heteroatoms. The van der Waals surface area contributed by atoms with Gasteiger partial charge in [-0.05, 0) is 38.0 Å². The van der Waals surface area contributed by atoms with E-state index < -0.39 is 28.8 Å². The topological polar surface area (TPSA) is 66.8 Å². The van der Waals surface area contributed by atoms with Crippen LogP contribution in [-0.2, 0) is 9.53 Å². The molecule has 136 valence electrons. The molecule has 0 aromatic carbocycles. The molecule has 3 aliphatic rings. The van der Waals surface area contributed by atoms with Crippen molar-refractivity contribution in [2.45, 2.75) is 83.7 Å². The summed E-state index contributed by atoms with van der Waals surface area (Å²) in [6.45, 7) is 13.9. The van der Waals surface area contributed by atoms with E-state index in [1.807, 2.05) is 20.8 Å². The van der Waals surface area contributed by atoms with Crippen molar-refractivity contribution in [3.05, 3.63) is 12.7 Å². The predicted molar refractivity (Wildman–Crippen MR) is 92.4 cm³/mol. The Kier molecular flexibility index (Phi) is 3.88. The van der Waals surface area contributed by atoms with Crippen molar-refractivity contribution in [1.82, 2.24) is 0 Å². The van der Waals surface area contributed by atoms with Gasteiger partial charge in [0.05, 0.1) is 17.8 Å². The second-order valence-electron chi connectivity index (χ2n) is 9.51. The number of carbonyl (C=O) groups excluding carboxylic acids is 1. The first-order chi connectivity index (χ1) is 10.9. The summed E-state index contributed by atoms with van der Waals surface area (Å²) in [5, 5.41) is 21.7. The van der Waals surface area contributed by atoms with Crippen LogP contribution in [-0.4, -0.2) is 39.4 Å². The van der Waals surface area contributed by atoms with Crippen molar-refractivity contribution >= 4 is 5.78 Å². The van der Waals surface area contributed by atoms with Crippen LogP contribution in [0.2, 0.25) is 0 Å². The highest BCUT2D eigenvalue weighted by atomic mass is 16.5. The monoisotopic (exact) mass is 336 g/mol. The second-order valence-corrected chi connectivity index (χ2v) is 9.51. The van der Waals surface area contributed by atoms with Gasteiger partial charge < -0.3 is 14.9 Å². The van der Waals surface area contributed by atoms with Gasteiger partial charge in [-0.15, -0.1) is 6.58 Å². The Bertz CT molecular complexity index is 570. The fraction of sp³-hybridized carbons (Fsp3) is 0.850. The van der Waals surface area contributed by atoms with Crippen LogP contribution in [0.3, 0.4) is 0 Å². The molecule has 0 aromatic heterocycles. The average molecular weight is 336 g/mol. The molecule has 1 saturated heterocycles. The van der Waals surface area contributed by atoms with E-state index in [4.69, 9.17) is 4.74 Å². The summed E-state index contributed by atoms with van der Waals surface area (Å²) in [7, 11) is 0. The molecule has 24 heavy (non-hydrogen) atoms. The van der Waals surface area contributed by atoms with Gasteiger partial charge in [-0.1, -0.05) is 26.8 Å². The molecule has 2 N–H and O–H groups in total. The van der Waals surface area contributed by atoms with Gasteiger partial charge in [0.15, 0.2) is 0 Å². The molecule has 3 fully saturated rings. The van der Waals surface area contributed by atoms with Gasteiger partial charge in [-0.2, -0.15) is 0 Å². The summed E-state index contributed by atoms with van der Waals surface area (Å²) in [4.78, 5) is 12.5. The third-order valence-corrected chi connectivity index (χ3v) is 7.61. The van der Waals surface area contributed by atoms with Crippen LogP contribution in [0.25, 0.3) is 0 Å². The number of carbonyl (C=O) groups is 1. The van der Waals surface area contributed by atoms with Gasteiger partial charge in [0, 0.05) is 24.2 Å². The molecule has 0 amide bonds. The highest BCUT2D eigenvalue weighted by Gasteiger charge is 2.67. The third kappa shape index (κ3) is 2.19. The maximum atomic E-state index is 12.5. The number of aliphatic hydroxyl groups excluding tert-OH is 2. The average Bonchev–Trinajstić information content (AvgIpc) is 2.45. The second kappa shape index (κ2) is 5.15. The quantitative estimate of drug-likeness (QED) is 0.723. The molecule has 4 nitrogen and oxygen atoms in total. The van der Waals surface area contributed by atoms with Crippen molar-refractivity contribution in [2.75, 3.05) is 0 Å². The molecule has 0 spiro atoms. The summed E-state index contributed by atoms with van der Waals surface area (Å²) >= 11 is 0. The Labute approximate surface area is 145 Å². The molecule has 0 radical (unpaired) electrons. The number of Topliss-reactive ketones (excluding diaryl/α,β-unsaturated/α-hetero) is 1. The third-order valence-electron chi connectivity index (χ3n) is 7.61. The Balaban J connectivity index is 2.06. The number of ether oxygens (including phenoxy) is 1. The largest absolute Gasteiger partial charge is 0.393 e. The standard InChI is InChI=1S/C20H32O4/c1-7-19(5)15(23)10-13-18(4)9-8-14(22)17(2,3)16(18)12(21)11-20(13,6)24-19/h7,12-13,15-16,21,23H,1,8-11H2,2-6H3/t12-,13+,15-,16-,18+,19+,20+/m1/s1. The number of hydrogen-bond donors (Lipinski definition) is 2. The Morgan fingerprint density at radius 2 is 1.83 bits per heavy atom. The van der Waals surface area contributed by atoms with E-state index >= 15 is 0 Å². The number of rotatable bonds is 1. The summed E-state index contributed by atoms with van der Waals surface area (Å²) in [6, 6.07) is 0. The van der Waals surface area contributed by atoms with Crippen LogP contribution in [0.1, 0.15) is 60.3 Å². The SMILES string of the molecule is C=C[C@]1(C)O[C@@]2(C)C[C@@H](O)[C@@H]3C(C)(C)C(=O)CC[C@@]3(C)[C@@H]2C[C@H]1O. The molecule has 0 bridgehead atoms. The molecule has 0 aromatic rings. The molecule has 0 unspecified atom stereocenters. The zero-order chi connectivity index (χ0) is 18.1. The molecule has 2 saturated carbocycles. The summed E-state index contributed by atoms with van der Waals surface area (Å²) in [6.07, 6.45) is 2.86. The van der Waals surface area contributed by atoms with Crippen LogP contribution >= 0.6 is 0 Å². The van der Waals surface area contributed by atoms with Crippen LogP contribution in [0.15, 0.2) is 12.7 Å². The van der Waals surface area contributed by atoms with Crippen molar-refractivity contribution < 1.29 is 19.7 Å². The molecule has 3 rings (SSSR count). The lowest BCUT2D eigenvalue weighted by atomic mass is 9.43. The number of fused-ring (bicyclic) bond motifs is 3. The van der Waals surface area contributed by atoms with Gasteiger partial charge in [0.1, 0.15) is 11.4 Å². The highest BCUT2D eigenvalue weighted by molar-refractivity contribution is 5.85. The molecular formula is C20H32O4. The van der Waals surface area contributed by atoms with Crippen molar-refractivity contribution in [2.24, 2.45) is 22.7 Å². The number of ketones is 1. The fourth-order valence-electron chi connectivity index (χ4n) is 6.38. The van der Waals surface area contributed by atoms with E-state index in [0.29, 0.717) is 19.3 Å². The Morgan fingerprint density at radius 3 is 2.42 bits per heavy atom. The Hall–Kier alpha value is -0.710. The van der Waals surface area contributed by atoms with Gasteiger partial charge in [0.25, 0.3) is 0 Å². The summed E-state index contributed by atoms with van der Waals surface area (Å²) in [5.74, 6) is 0.239. The number of hydrogen-bond acceptors (Lipinski definition) is 4. The minimum atomic E-state index is -0.797. The van der Waals surface area contributed by atoms with Gasteiger partial charge in [0.2, 0.25) is 0 Å². The lowest BCUT2D eigenvalue weighted by Crippen LogP contribution is -2.70. The van der Waals surface area contributed by atoms with E-state index in [1.54, 1.807) is 6.08 Å². The highest BCUT2D eigenvalue weighted by Crippen LogP contribution is 2.64. The molecule has 2 aliphatic carbocycles. The Morgan fingerprint density at radius 1 is 1.21 bits per heavy atom. The minimum absolute atomic E-state index is 0.104. The van der Waals surface area contributed by atoms with Crippen LogP contribution in [0, 0.1) is 22.7 Å². The first kappa shape index (κ1) is 18.1. The summed E-state index contributed by atoms with van der Waals surface area (Å²) in [5.41, 5.74) is -2.09. The van der Waals surface area contributed by atoms with Gasteiger partial charge in [-0.3, -0.25) is 4.79 Å². The van der Waals surface area contributed by atoms with E-state index in [0.717, 1.165) is 6.42 Å². The van der Waals surface area contributed by atoms with Crippen molar-refractivity contribution in [3.63, 3.8) is 0 Å². The number of aliphatic hydroxyl groups is 2. The van der Waals surface area contributed by atoms with E-state index in [9.17, 15) is 15.0 Å². The maximum absolute atomic E-state index is 12.5. The smallest absolute Gasteiger partial charge is 0.138 e. The normalized spacial score (nSPS) is 53.9. The van der Waals surface area contributed by atoms with Gasteiger partial charge >= 0.3 is 0 Å². The molecular weight excluding hydrogens is 304 g/mol. The zero-order valence-corrected chi connectivity index (χ0v) is 15.6. The molecule has 1 heterocycles. The predicted octanol–water partition coefficient (Wildman–Crippen LogP) is 2.86. The fourth-order valence-corrected chi connectivity index (χ4v) is 6.38. The van der Waals surface area contributed by atoms with E-state index in [1.165, 1.54) is 0 Å². The van der Waals surface area contributed by atoms with Crippen molar-refractivity contribution in [3.8, 4) is 0 Å². The molecule has 7 atom stereocenters. The van der Waals surface area contributed by atoms with Crippen LogP contribution < -0.4 is 0 Å². The zero-order valence-electron chi connectivity index (χ0n) is 15.6. The first-order valence-electron chi connectivity index (χ1n) is 9.14. The maximum Gasteiger partial charge on any atom is 0.138 e. The molecule has 1 aliphatic heterocycles. The van der Waals surface area contributed by atoms with Crippen molar-refractivity contribution in [1.29, 1.82) is 0 Å². The lowest BCUT2D eigenvalue weighted by molar-refractivity contribution is -0.297. The lowest BCUT2D eigenvalue weighted by Gasteiger charge is -2.66. The minimum Gasteiger partial charge on any atom is -0.393 e. The van der Waals surface area contributed by atoms with Gasteiger partial charge in [-0.25, -0.2) is 0 Å².